The van der Waals surface area contributed by atoms with Crippen molar-refractivity contribution in [2.24, 2.45) is 0 Å². The summed E-state index contributed by atoms with van der Waals surface area (Å²) in [6.45, 7) is 7.80. The Morgan fingerprint density at radius 3 is 2.50 bits per heavy atom. The summed E-state index contributed by atoms with van der Waals surface area (Å²) in [6, 6.07) is 19.0. The van der Waals surface area contributed by atoms with Crippen LogP contribution in [0.2, 0.25) is 0 Å². The second-order valence-electron chi connectivity index (χ2n) is 10.8. The number of amides is 2. The molecule has 7 nitrogen and oxygen atoms in total. The third kappa shape index (κ3) is 5.57. The smallest absolute Gasteiger partial charge is 0.410 e. The molecule has 1 aromatic heterocycles. The number of carbonyl (C=O) groups is 2. The molecular weight excluding hydrogens is 454 g/mol. The molecule has 1 atom stereocenters. The Morgan fingerprint density at radius 2 is 1.78 bits per heavy atom. The lowest BCUT2D eigenvalue weighted by Gasteiger charge is -2.35. The maximum Gasteiger partial charge on any atom is 0.410 e. The van der Waals surface area contributed by atoms with Crippen LogP contribution in [-0.4, -0.2) is 63.8 Å². The molecule has 2 heterocycles. The van der Waals surface area contributed by atoms with Gasteiger partial charge in [-0.25, -0.2) is 4.79 Å². The second-order valence-corrected chi connectivity index (χ2v) is 10.8. The van der Waals surface area contributed by atoms with E-state index in [1.54, 1.807) is 4.90 Å². The monoisotopic (exact) mass is 489 g/mol. The van der Waals surface area contributed by atoms with E-state index in [0.717, 1.165) is 35.9 Å². The van der Waals surface area contributed by atoms with Crippen LogP contribution in [0.15, 0.2) is 60.8 Å². The number of rotatable bonds is 6. The summed E-state index contributed by atoms with van der Waals surface area (Å²) in [4.78, 5) is 29.8. The zero-order valence-electron chi connectivity index (χ0n) is 21.4. The van der Waals surface area contributed by atoms with Crippen LogP contribution in [0.3, 0.4) is 0 Å². The van der Waals surface area contributed by atoms with Crippen molar-refractivity contribution in [2.45, 2.75) is 64.4 Å². The van der Waals surface area contributed by atoms with Crippen molar-refractivity contribution in [1.82, 2.24) is 14.4 Å². The van der Waals surface area contributed by atoms with Gasteiger partial charge in [-0.3, -0.25) is 4.79 Å². The zero-order chi connectivity index (χ0) is 25.3. The molecule has 7 heteroatoms. The molecule has 1 aliphatic heterocycles. The molecule has 2 amide bonds. The minimum absolute atomic E-state index is 0.0503. The van der Waals surface area contributed by atoms with E-state index in [1.807, 2.05) is 37.8 Å². The third-order valence-corrected chi connectivity index (χ3v) is 6.67. The quantitative estimate of drug-likeness (QED) is 0.498. The van der Waals surface area contributed by atoms with Gasteiger partial charge in [0.25, 0.3) is 5.91 Å². The van der Waals surface area contributed by atoms with Gasteiger partial charge in [0.1, 0.15) is 5.60 Å². The zero-order valence-corrected chi connectivity index (χ0v) is 21.4. The number of hydrogen-bond donors (Lipinski definition) is 0. The summed E-state index contributed by atoms with van der Waals surface area (Å²) >= 11 is 0. The Labute approximate surface area is 212 Å². The van der Waals surface area contributed by atoms with Gasteiger partial charge in [-0.2, -0.15) is 0 Å². The van der Waals surface area contributed by atoms with Crippen LogP contribution in [0.4, 0.5) is 4.79 Å². The van der Waals surface area contributed by atoms with Crippen molar-refractivity contribution in [3.05, 3.63) is 71.9 Å². The van der Waals surface area contributed by atoms with E-state index in [1.165, 1.54) is 5.56 Å². The topological polar surface area (TPSA) is 64.0 Å². The third-order valence-electron chi connectivity index (χ3n) is 6.67. The Bertz CT molecular complexity index is 1230. The lowest BCUT2D eigenvalue weighted by molar-refractivity contribution is -0.150. The average Bonchev–Trinajstić information content (AvgIpc) is 3.65. The number of carbonyl (C=O) groups excluding carboxylic acids is 2. The molecule has 0 N–H and O–H groups in total. The summed E-state index contributed by atoms with van der Waals surface area (Å²) in [6.07, 6.45) is 3.10. The van der Waals surface area contributed by atoms with Gasteiger partial charge in [-0.1, -0.05) is 48.5 Å². The molecule has 2 aliphatic rings. The largest absolute Gasteiger partial charge is 0.444 e. The maximum atomic E-state index is 13.7. The fraction of sp³-hybridized carbons (Fsp3) is 0.448. The first-order chi connectivity index (χ1) is 17.3. The number of aromatic nitrogens is 1. The van der Waals surface area contributed by atoms with Crippen LogP contribution >= 0.6 is 0 Å². The van der Waals surface area contributed by atoms with E-state index in [9.17, 15) is 9.59 Å². The molecule has 190 valence electrons. The number of fused-ring (bicyclic) bond motifs is 1. The van der Waals surface area contributed by atoms with Gasteiger partial charge in [0.05, 0.1) is 13.2 Å². The van der Waals surface area contributed by atoms with Gasteiger partial charge in [-0.05, 0) is 50.8 Å². The Balaban J connectivity index is 1.35. The lowest BCUT2D eigenvalue weighted by atomic mass is 10.1. The molecular formula is C29H35N3O4. The summed E-state index contributed by atoms with van der Waals surface area (Å²) in [7, 11) is 0. The highest BCUT2D eigenvalue weighted by Gasteiger charge is 2.39. The molecule has 1 aliphatic carbocycles. The maximum absolute atomic E-state index is 13.7. The number of hydrogen-bond acceptors (Lipinski definition) is 4. The highest BCUT2D eigenvalue weighted by atomic mass is 16.6. The standard InChI is InChI=1S/C29H35N3O4/c1-29(2,3)36-28(34)30-15-16-35-26(20-30)27(33)32(23-13-14-23)19-22-18-31(17-21-9-5-4-6-10-21)25-12-8-7-11-24(22)25/h4-12,18,23,26H,13-17,19-20H2,1-3H3. The minimum Gasteiger partial charge on any atom is -0.444 e. The average molecular weight is 490 g/mol. The molecule has 1 saturated heterocycles. The summed E-state index contributed by atoms with van der Waals surface area (Å²) in [5.41, 5.74) is 2.94. The molecule has 2 fully saturated rings. The van der Waals surface area contributed by atoms with Gasteiger partial charge in [0.2, 0.25) is 0 Å². The molecule has 3 aromatic rings. The molecule has 2 aromatic carbocycles. The first kappa shape index (κ1) is 24.4. The van der Waals surface area contributed by atoms with Crippen LogP contribution in [0.1, 0.15) is 44.7 Å². The predicted octanol–water partition coefficient (Wildman–Crippen LogP) is 4.82. The summed E-state index contributed by atoms with van der Waals surface area (Å²) in [5.74, 6) is -0.0503. The molecule has 0 spiro atoms. The van der Waals surface area contributed by atoms with Crippen molar-refractivity contribution in [2.75, 3.05) is 19.7 Å². The molecule has 1 unspecified atom stereocenters. The number of para-hydroxylation sites is 1. The number of ether oxygens (including phenoxy) is 2. The van der Waals surface area contributed by atoms with Crippen molar-refractivity contribution < 1.29 is 19.1 Å². The van der Waals surface area contributed by atoms with E-state index >= 15 is 0 Å². The normalized spacial score (nSPS) is 18.3. The summed E-state index contributed by atoms with van der Waals surface area (Å²) in [5, 5.41) is 1.16. The van der Waals surface area contributed by atoms with Gasteiger partial charge >= 0.3 is 6.09 Å². The van der Waals surface area contributed by atoms with Crippen LogP contribution in [0.25, 0.3) is 10.9 Å². The Kier molecular flexibility index (Phi) is 6.75. The van der Waals surface area contributed by atoms with Gasteiger partial charge in [0, 0.05) is 42.8 Å². The Hall–Kier alpha value is -3.32. The second kappa shape index (κ2) is 9.97. The molecule has 5 rings (SSSR count). The highest BCUT2D eigenvalue weighted by molar-refractivity contribution is 5.86. The van der Waals surface area contributed by atoms with Gasteiger partial charge < -0.3 is 23.8 Å². The van der Waals surface area contributed by atoms with E-state index in [4.69, 9.17) is 9.47 Å². The van der Waals surface area contributed by atoms with Crippen molar-refractivity contribution in [3.63, 3.8) is 0 Å². The van der Waals surface area contributed by atoms with E-state index in [0.29, 0.717) is 19.7 Å². The van der Waals surface area contributed by atoms with Crippen molar-refractivity contribution in [3.8, 4) is 0 Å². The van der Waals surface area contributed by atoms with Gasteiger partial charge in [-0.15, -0.1) is 0 Å². The first-order valence-corrected chi connectivity index (χ1v) is 12.8. The van der Waals surface area contributed by atoms with Crippen LogP contribution in [-0.2, 0) is 27.4 Å². The SMILES string of the molecule is CC(C)(C)OC(=O)N1CCOC(C(=O)N(Cc2cn(Cc3ccccc3)c3ccccc23)C2CC2)C1. The van der Waals surface area contributed by atoms with Crippen LogP contribution in [0.5, 0.6) is 0 Å². The number of morpholine rings is 1. The van der Waals surface area contributed by atoms with Crippen LogP contribution < -0.4 is 0 Å². The fourth-order valence-electron chi connectivity index (χ4n) is 4.79. The molecule has 0 radical (unpaired) electrons. The minimum atomic E-state index is -0.676. The van der Waals surface area contributed by atoms with Crippen molar-refractivity contribution >= 4 is 22.9 Å². The Morgan fingerprint density at radius 1 is 1.06 bits per heavy atom. The van der Waals surface area contributed by atoms with E-state index in [-0.39, 0.29) is 18.5 Å². The predicted molar refractivity (Wildman–Crippen MR) is 139 cm³/mol. The lowest BCUT2D eigenvalue weighted by Crippen LogP contribution is -2.53. The number of benzene rings is 2. The van der Waals surface area contributed by atoms with Crippen molar-refractivity contribution in [1.29, 1.82) is 0 Å². The molecule has 0 bridgehead atoms. The molecule has 36 heavy (non-hydrogen) atoms. The van der Waals surface area contributed by atoms with Gasteiger partial charge in [0.15, 0.2) is 6.10 Å². The highest BCUT2D eigenvalue weighted by Crippen LogP contribution is 2.32. The summed E-state index contributed by atoms with van der Waals surface area (Å²) < 4.78 is 13.7. The van der Waals surface area contributed by atoms with E-state index in [2.05, 4.69) is 53.2 Å². The van der Waals surface area contributed by atoms with E-state index < -0.39 is 17.8 Å². The number of nitrogens with zero attached hydrogens (tertiary/aromatic N) is 3. The first-order valence-electron chi connectivity index (χ1n) is 12.8. The van der Waals surface area contributed by atoms with Crippen LogP contribution in [0, 0.1) is 0 Å². The molecule has 1 saturated carbocycles. The fourth-order valence-corrected chi connectivity index (χ4v) is 4.79.